The molecule has 0 bridgehead atoms. The molecule has 5 heteroatoms. The first-order valence-corrected chi connectivity index (χ1v) is 9.81. The van der Waals surface area contributed by atoms with Crippen molar-refractivity contribution < 1.29 is 4.74 Å². The predicted octanol–water partition coefficient (Wildman–Crippen LogP) is 5.88. The van der Waals surface area contributed by atoms with Gasteiger partial charge in [-0.15, -0.1) is 12.4 Å². The summed E-state index contributed by atoms with van der Waals surface area (Å²) in [4.78, 5) is 1.78. The van der Waals surface area contributed by atoms with E-state index in [4.69, 9.17) is 15.9 Å². The molecule has 0 spiro atoms. The zero-order valence-corrected chi connectivity index (χ0v) is 18.6. The fourth-order valence-electron chi connectivity index (χ4n) is 3.07. The van der Waals surface area contributed by atoms with Crippen LogP contribution in [-0.2, 0) is 18.6 Å². The number of nitrogens with one attached hydrogen (secondary N) is 1. The molecule has 0 unspecified atom stereocenters. The Morgan fingerprint density at radius 1 is 0.867 bits per heavy atom. The molecule has 4 nitrogen and oxygen atoms in total. The molecule has 0 radical (unpaired) electrons. The van der Waals surface area contributed by atoms with E-state index >= 15 is 0 Å². The van der Waals surface area contributed by atoms with E-state index in [1.807, 2.05) is 54.6 Å². The third kappa shape index (κ3) is 6.26. The van der Waals surface area contributed by atoms with Crippen LogP contribution in [0.2, 0.25) is 0 Å². The highest BCUT2D eigenvalue weighted by molar-refractivity contribution is 5.92. The third-order valence-corrected chi connectivity index (χ3v) is 4.85. The smallest absolute Gasteiger partial charge is 0.193 e. The van der Waals surface area contributed by atoms with Crippen molar-refractivity contribution in [1.82, 2.24) is 0 Å². The SMILES string of the molecule is CC(C)(C)c1ccc(CN(C(=N)N)c2ccc(OCc3ccccc3)cc2)cc1.Cl. The lowest BCUT2D eigenvalue weighted by Gasteiger charge is -2.24. The summed E-state index contributed by atoms with van der Waals surface area (Å²) in [6, 6.07) is 26.3. The van der Waals surface area contributed by atoms with Crippen molar-refractivity contribution in [3.05, 3.63) is 95.6 Å². The van der Waals surface area contributed by atoms with E-state index in [0.29, 0.717) is 13.2 Å². The number of hydrogen-bond donors (Lipinski definition) is 2. The van der Waals surface area contributed by atoms with Gasteiger partial charge in [0.25, 0.3) is 0 Å². The molecular weight excluding hydrogens is 394 g/mol. The number of nitrogens with two attached hydrogens (primary N) is 1. The number of guanidine groups is 1. The number of rotatable bonds is 6. The summed E-state index contributed by atoms with van der Waals surface area (Å²) in [6.45, 7) is 7.67. The summed E-state index contributed by atoms with van der Waals surface area (Å²) in [6.07, 6.45) is 0. The quantitative estimate of drug-likeness (QED) is 0.384. The molecule has 3 aromatic carbocycles. The lowest BCUT2D eigenvalue weighted by atomic mass is 9.87. The van der Waals surface area contributed by atoms with Crippen molar-refractivity contribution in [1.29, 1.82) is 5.41 Å². The molecule has 30 heavy (non-hydrogen) atoms. The van der Waals surface area contributed by atoms with Gasteiger partial charge in [-0.3, -0.25) is 5.41 Å². The van der Waals surface area contributed by atoms with Crippen LogP contribution in [0.5, 0.6) is 5.75 Å². The molecule has 3 rings (SSSR count). The summed E-state index contributed by atoms with van der Waals surface area (Å²) in [5.41, 5.74) is 10.4. The van der Waals surface area contributed by atoms with Gasteiger partial charge in [0.05, 0.1) is 6.54 Å². The van der Waals surface area contributed by atoms with E-state index in [1.165, 1.54) is 5.56 Å². The normalized spacial score (nSPS) is 10.8. The molecule has 0 aliphatic rings. The van der Waals surface area contributed by atoms with E-state index < -0.39 is 0 Å². The lowest BCUT2D eigenvalue weighted by molar-refractivity contribution is 0.306. The van der Waals surface area contributed by atoms with Crippen molar-refractivity contribution in [2.24, 2.45) is 5.73 Å². The average molecular weight is 424 g/mol. The zero-order chi connectivity index (χ0) is 20.9. The molecule has 3 aromatic rings. The molecule has 0 heterocycles. The number of nitrogens with zero attached hydrogens (tertiary/aromatic N) is 1. The molecule has 0 amide bonds. The average Bonchev–Trinajstić information content (AvgIpc) is 2.71. The second-order valence-electron chi connectivity index (χ2n) is 8.19. The van der Waals surface area contributed by atoms with E-state index in [0.717, 1.165) is 22.6 Å². The van der Waals surface area contributed by atoms with Crippen LogP contribution in [0.3, 0.4) is 0 Å². The van der Waals surface area contributed by atoms with Gasteiger partial charge in [-0.2, -0.15) is 0 Å². The van der Waals surface area contributed by atoms with Crippen LogP contribution in [-0.4, -0.2) is 5.96 Å². The molecule has 0 saturated heterocycles. The Morgan fingerprint density at radius 3 is 2.00 bits per heavy atom. The van der Waals surface area contributed by atoms with Gasteiger partial charge in [-0.25, -0.2) is 0 Å². The predicted molar refractivity (Wildman–Crippen MR) is 128 cm³/mol. The van der Waals surface area contributed by atoms with Gasteiger partial charge in [0.1, 0.15) is 12.4 Å². The minimum absolute atomic E-state index is 0. The van der Waals surface area contributed by atoms with E-state index in [2.05, 4.69) is 45.0 Å². The van der Waals surface area contributed by atoms with Crippen LogP contribution < -0.4 is 15.4 Å². The number of hydrogen-bond acceptors (Lipinski definition) is 2. The highest BCUT2D eigenvalue weighted by atomic mass is 35.5. The Kier molecular flexibility index (Phi) is 7.90. The summed E-state index contributed by atoms with van der Waals surface area (Å²) in [7, 11) is 0. The van der Waals surface area contributed by atoms with Gasteiger partial charge in [0.15, 0.2) is 5.96 Å². The summed E-state index contributed by atoms with van der Waals surface area (Å²) in [5.74, 6) is 0.804. The maximum atomic E-state index is 8.00. The molecule has 3 N–H and O–H groups in total. The minimum Gasteiger partial charge on any atom is -0.489 e. The second kappa shape index (κ2) is 10.2. The molecule has 0 aromatic heterocycles. The third-order valence-electron chi connectivity index (χ3n) is 4.85. The van der Waals surface area contributed by atoms with E-state index in [9.17, 15) is 0 Å². The van der Waals surface area contributed by atoms with Gasteiger partial charge in [0, 0.05) is 5.69 Å². The lowest BCUT2D eigenvalue weighted by Crippen LogP contribution is -2.35. The number of benzene rings is 3. The molecule has 158 valence electrons. The summed E-state index contributed by atoms with van der Waals surface area (Å²) >= 11 is 0. The topological polar surface area (TPSA) is 62.3 Å². The van der Waals surface area contributed by atoms with Crippen molar-refractivity contribution in [3.63, 3.8) is 0 Å². The first-order chi connectivity index (χ1) is 13.8. The van der Waals surface area contributed by atoms with Crippen molar-refractivity contribution >= 4 is 24.1 Å². The Morgan fingerprint density at radius 2 is 1.47 bits per heavy atom. The van der Waals surface area contributed by atoms with Crippen molar-refractivity contribution in [2.75, 3.05) is 4.90 Å². The van der Waals surface area contributed by atoms with Gasteiger partial charge >= 0.3 is 0 Å². The Balaban J connectivity index is 0.00000320. The molecule has 0 fully saturated rings. The van der Waals surface area contributed by atoms with Gasteiger partial charge in [0.2, 0.25) is 0 Å². The standard InChI is InChI=1S/C25H29N3O.ClH/c1-25(2,3)21-11-9-19(10-12-21)17-28(24(26)27)22-13-15-23(16-14-22)29-18-20-7-5-4-6-8-20;/h4-16H,17-18H2,1-3H3,(H3,26,27);1H. The molecule has 0 saturated carbocycles. The van der Waals surface area contributed by atoms with E-state index in [-0.39, 0.29) is 23.8 Å². The highest BCUT2D eigenvalue weighted by Gasteiger charge is 2.15. The largest absolute Gasteiger partial charge is 0.489 e. The van der Waals surface area contributed by atoms with Crippen molar-refractivity contribution in [2.45, 2.75) is 39.3 Å². The Labute approximate surface area is 185 Å². The minimum atomic E-state index is 0. The monoisotopic (exact) mass is 423 g/mol. The van der Waals surface area contributed by atoms with Crippen LogP contribution in [0.1, 0.15) is 37.5 Å². The van der Waals surface area contributed by atoms with E-state index in [1.54, 1.807) is 4.90 Å². The van der Waals surface area contributed by atoms with Gasteiger partial charge in [-0.05, 0) is 46.4 Å². The van der Waals surface area contributed by atoms with Gasteiger partial charge in [-0.1, -0.05) is 75.4 Å². The second-order valence-corrected chi connectivity index (χ2v) is 8.19. The number of halogens is 1. The number of anilines is 1. The maximum absolute atomic E-state index is 8.00. The molecule has 0 aliphatic heterocycles. The van der Waals surface area contributed by atoms with Crippen LogP contribution in [0, 0.1) is 5.41 Å². The van der Waals surface area contributed by atoms with Crippen LogP contribution in [0.15, 0.2) is 78.9 Å². The number of ether oxygens (including phenoxy) is 1. The highest BCUT2D eigenvalue weighted by Crippen LogP contribution is 2.25. The van der Waals surface area contributed by atoms with Crippen LogP contribution in [0.25, 0.3) is 0 Å². The summed E-state index contributed by atoms with van der Waals surface area (Å²) < 4.78 is 5.85. The first-order valence-electron chi connectivity index (χ1n) is 9.81. The molecule has 0 atom stereocenters. The summed E-state index contributed by atoms with van der Waals surface area (Å²) in [5, 5.41) is 8.00. The van der Waals surface area contributed by atoms with Crippen molar-refractivity contribution in [3.8, 4) is 5.75 Å². The van der Waals surface area contributed by atoms with Gasteiger partial charge < -0.3 is 15.4 Å². The maximum Gasteiger partial charge on any atom is 0.193 e. The Bertz CT molecular complexity index is 933. The first kappa shape index (κ1) is 23.3. The fraction of sp³-hybridized carbons (Fsp3) is 0.240. The molecule has 0 aliphatic carbocycles. The van der Waals surface area contributed by atoms with Crippen LogP contribution in [0.4, 0.5) is 5.69 Å². The fourth-order valence-corrected chi connectivity index (χ4v) is 3.07. The zero-order valence-electron chi connectivity index (χ0n) is 17.8. The van der Waals surface area contributed by atoms with Crippen LogP contribution >= 0.6 is 12.4 Å². The Hall–Kier alpha value is -2.98. The molecular formula is C25H30ClN3O.